The van der Waals surface area contributed by atoms with Gasteiger partial charge in [0.1, 0.15) is 6.07 Å². The number of nitriles is 1. The van der Waals surface area contributed by atoms with Gasteiger partial charge in [-0.3, -0.25) is 4.40 Å². The van der Waals surface area contributed by atoms with Gasteiger partial charge in [-0.15, -0.1) is 0 Å². The number of furan rings is 1. The van der Waals surface area contributed by atoms with Gasteiger partial charge < -0.3 is 4.42 Å². The molecule has 8 heteroatoms. The Kier molecular flexibility index (Phi) is 2.92. The number of imidazole rings is 1. The zero-order valence-corrected chi connectivity index (χ0v) is 10.9. The minimum Gasteiger partial charge on any atom is -0.452 e. The predicted octanol–water partition coefficient (Wildman–Crippen LogP) is 4.14. The summed E-state index contributed by atoms with van der Waals surface area (Å²) in [6.07, 6.45) is -1.90. The van der Waals surface area contributed by atoms with Gasteiger partial charge in [0.25, 0.3) is 0 Å². The van der Waals surface area contributed by atoms with Crippen LogP contribution in [0.5, 0.6) is 0 Å². The molecule has 3 aromatic heterocycles. The van der Waals surface area contributed by atoms with Crippen molar-refractivity contribution in [2.45, 2.75) is 6.18 Å². The van der Waals surface area contributed by atoms with E-state index < -0.39 is 11.7 Å². The number of rotatable bonds is 1. The number of pyridine rings is 1. The molecule has 0 spiro atoms. The van der Waals surface area contributed by atoms with Crippen LogP contribution in [-0.2, 0) is 6.18 Å². The van der Waals surface area contributed by atoms with Crippen molar-refractivity contribution in [3.63, 3.8) is 0 Å². The second-order valence-corrected chi connectivity index (χ2v) is 4.49. The molecule has 0 aliphatic rings. The van der Waals surface area contributed by atoms with Gasteiger partial charge in [0, 0.05) is 6.20 Å². The number of nitrogens with zero attached hydrogens (tertiary/aromatic N) is 3. The van der Waals surface area contributed by atoms with Crippen LogP contribution in [0.25, 0.3) is 16.9 Å². The molecule has 3 rings (SSSR count). The molecule has 21 heavy (non-hydrogen) atoms. The van der Waals surface area contributed by atoms with Crippen molar-refractivity contribution in [3.05, 3.63) is 47.1 Å². The maximum atomic E-state index is 13.0. The molecular formula is C13H5ClF3N3O. The fourth-order valence-electron chi connectivity index (χ4n) is 2.09. The van der Waals surface area contributed by atoms with E-state index in [4.69, 9.17) is 21.3 Å². The summed E-state index contributed by atoms with van der Waals surface area (Å²) in [7, 11) is 0. The smallest absolute Gasteiger partial charge is 0.419 e. The second-order valence-electron chi connectivity index (χ2n) is 4.14. The molecule has 0 N–H and O–H groups in total. The van der Waals surface area contributed by atoms with Gasteiger partial charge in [0.15, 0.2) is 11.3 Å². The molecule has 0 amide bonds. The maximum Gasteiger partial charge on any atom is 0.419 e. The molecule has 0 aliphatic carbocycles. The number of alkyl halides is 3. The molecule has 0 radical (unpaired) electrons. The van der Waals surface area contributed by atoms with Crippen LogP contribution < -0.4 is 0 Å². The Labute approximate surface area is 121 Å². The second kappa shape index (κ2) is 4.53. The third kappa shape index (κ3) is 2.04. The summed E-state index contributed by atoms with van der Waals surface area (Å²) >= 11 is 5.85. The number of hydrogen-bond acceptors (Lipinski definition) is 3. The van der Waals surface area contributed by atoms with Crippen molar-refractivity contribution >= 4 is 17.2 Å². The number of halogens is 4. The van der Waals surface area contributed by atoms with Crippen LogP contribution in [0.1, 0.15) is 11.3 Å². The summed E-state index contributed by atoms with van der Waals surface area (Å²) in [4.78, 5) is 3.78. The number of hydrogen-bond donors (Lipinski definition) is 0. The lowest BCUT2D eigenvalue weighted by Crippen LogP contribution is -2.07. The molecule has 0 bridgehead atoms. The van der Waals surface area contributed by atoms with E-state index >= 15 is 0 Å². The fourth-order valence-corrected chi connectivity index (χ4v) is 2.29. The largest absolute Gasteiger partial charge is 0.452 e. The Bertz CT molecular complexity index is 873. The lowest BCUT2D eigenvalue weighted by Gasteiger charge is -2.08. The Morgan fingerprint density at radius 2 is 2.10 bits per heavy atom. The molecule has 106 valence electrons. The Morgan fingerprint density at radius 3 is 2.67 bits per heavy atom. The van der Waals surface area contributed by atoms with Gasteiger partial charge in [-0.05, 0) is 29.8 Å². The first-order valence-corrected chi connectivity index (χ1v) is 6.03. The highest BCUT2D eigenvalue weighted by molar-refractivity contribution is 6.31. The average molecular weight is 312 g/mol. The highest BCUT2D eigenvalue weighted by Gasteiger charge is 2.35. The molecule has 3 heterocycles. The summed E-state index contributed by atoms with van der Waals surface area (Å²) in [5, 5.41) is 9.10. The maximum absolute atomic E-state index is 13.0. The molecule has 0 fully saturated rings. The van der Waals surface area contributed by atoms with Crippen molar-refractivity contribution in [2.75, 3.05) is 0 Å². The molecule has 3 aromatic rings. The minimum absolute atomic E-state index is 0.0225. The molecule has 0 aromatic carbocycles. The van der Waals surface area contributed by atoms with Crippen molar-refractivity contribution in [3.8, 4) is 17.3 Å². The van der Waals surface area contributed by atoms with E-state index in [9.17, 15) is 13.2 Å². The normalized spacial score (nSPS) is 11.8. The zero-order chi connectivity index (χ0) is 15.2. The molecule has 0 atom stereocenters. The molecule has 0 saturated heterocycles. The van der Waals surface area contributed by atoms with E-state index in [-0.39, 0.29) is 22.3 Å². The minimum atomic E-state index is -4.57. The van der Waals surface area contributed by atoms with Gasteiger partial charge in [0.2, 0.25) is 5.22 Å². The lowest BCUT2D eigenvalue weighted by atomic mass is 10.2. The van der Waals surface area contributed by atoms with Gasteiger partial charge in [-0.25, -0.2) is 4.98 Å². The van der Waals surface area contributed by atoms with Crippen molar-refractivity contribution in [1.82, 2.24) is 9.38 Å². The van der Waals surface area contributed by atoms with Crippen molar-refractivity contribution < 1.29 is 17.6 Å². The van der Waals surface area contributed by atoms with Crippen LogP contribution in [0.4, 0.5) is 13.2 Å². The summed E-state index contributed by atoms with van der Waals surface area (Å²) in [6, 6.07) is 5.38. The quantitative estimate of drug-likeness (QED) is 0.678. The van der Waals surface area contributed by atoms with E-state index in [0.717, 1.165) is 6.07 Å². The Balaban J connectivity index is 2.42. The van der Waals surface area contributed by atoms with E-state index in [1.54, 1.807) is 6.07 Å². The van der Waals surface area contributed by atoms with Gasteiger partial charge >= 0.3 is 6.18 Å². The number of fused-ring (bicyclic) bond motifs is 1. The van der Waals surface area contributed by atoms with E-state index in [1.165, 1.54) is 29.0 Å². The lowest BCUT2D eigenvalue weighted by molar-refractivity contribution is -0.136. The monoisotopic (exact) mass is 311 g/mol. The van der Waals surface area contributed by atoms with Crippen LogP contribution in [0.2, 0.25) is 5.22 Å². The third-order valence-corrected chi connectivity index (χ3v) is 3.23. The summed E-state index contributed by atoms with van der Waals surface area (Å²) in [5.41, 5.74) is -0.964. The topological polar surface area (TPSA) is 54.2 Å². The molecule has 0 unspecified atom stereocenters. The molecule has 0 saturated carbocycles. The van der Waals surface area contributed by atoms with E-state index in [0.29, 0.717) is 5.56 Å². The average Bonchev–Trinajstić information content (AvgIpc) is 2.99. The van der Waals surface area contributed by atoms with Crippen LogP contribution >= 0.6 is 11.6 Å². The molecular weight excluding hydrogens is 307 g/mol. The summed E-state index contributed by atoms with van der Waals surface area (Å²) in [6.45, 7) is 0. The predicted molar refractivity (Wildman–Crippen MR) is 67.6 cm³/mol. The van der Waals surface area contributed by atoms with Crippen LogP contribution in [-0.4, -0.2) is 9.38 Å². The zero-order valence-electron chi connectivity index (χ0n) is 10.1. The van der Waals surface area contributed by atoms with Crippen LogP contribution in [0.15, 0.2) is 35.1 Å². The van der Waals surface area contributed by atoms with E-state index in [1.807, 2.05) is 0 Å². The summed E-state index contributed by atoms with van der Waals surface area (Å²) in [5.74, 6) is 0. The Morgan fingerprint density at radius 1 is 1.33 bits per heavy atom. The van der Waals surface area contributed by atoms with Crippen molar-refractivity contribution in [1.29, 1.82) is 5.26 Å². The fraction of sp³-hybridized carbons (Fsp3) is 0.0769. The number of aromatic nitrogens is 2. The first kappa shape index (κ1) is 13.5. The third-order valence-electron chi connectivity index (χ3n) is 2.93. The van der Waals surface area contributed by atoms with Crippen LogP contribution in [0.3, 0.4) is 0 Å². The van der Waals surface area contributed by atoms with Crippen LogP contribution in [0, 0.1) is 11.3 Å². The van der Waals surface area contributed by atoms with Gasteiger partial charge in [-0.2, -0.15) is 18.4 Å². The van der Waals surface area contributed by atoms with E-state index in [2.05, 4.69) is 4.98 Å². The van der Waals surface area contributed by atoms with Crippen molar-refractivity contribution in [2.24, 2.45) is 0 Å². The summed E-state index contributed by atoms with van der Waals surface area (Å²) < 4.78 is 45.1. The SMILES string of the molecule is N#Cc1nc2c(C(F)(F)F)cccn2c1-c1ccoc1Cl. The standard InChI is InChI=1S/C13H5ClF3N3O/c14-11-7(3-5-21-11)10-9(6-18)19-12-8(13(15,16)17)2-1-4-20(10)12/h1-5H. The first-order valence-electron chi connectivity index (χ1n) is 5.65. The molecule has 0 aliphatic heterocycles. The molecule has 4 nitrogen and oxygen atoms in total. The van der Waals surface area contributed by atoms with Gasteiger partial charge in [-0.1, -0.05) is 0 Å². The van der Waals surface area contributed by atoms with Gasteiger partial charge in [0.05, 0.1) is 23.1 Å². The highest BCUT2D eigenvalue weighted by atomic mass is 35.5. The first-order chi connectivity index (χ1) is 9.93. The Hall–Kier alpha value is -2.46. The highest BCUT2D eigenvalue weighted by Crippen LogP contribution is 2.36.